The van der Waals surface area contributed by atoms with Gasteiger partial charge in [-0.3, -0.25) is 0 Å². The fourth-order valence-corrected chi connectivity index (χ4v) is 6.39. The molecule has 2 heterocycles. The average molecular weight is 513 g/mol. The topological polar surface area (TPSA) is 6.48 Å². The van der Waals surface area contributed by atoms with Gasteiger partial charge in [-0.15, -0.1) is 0 Å². The van der Waals surface area contributed by atoms with Gasteiger partial charge in [0.2, 0.25) is 0 Å². The number of fused-ring (bicyclic) bond motifs is 4. The average Bonchev–Trinajstić information content (AvgIpc) is 3.02. The molecule has 0 fully saturated rings. The first-order valence-corrected chi connectivity index (χ1v) is 14.0. The van der Waals surface area contributed by atoms with E-state index in [2.05, 4.69) is 155 Å². The summed E-state index contributed by atoms with van der Waals surface area (Å²) in [5, 5.41) is 0. The summed E-state index contributed by atoms with van der Waals surface area (Å²) in [6, 6.07) is 52.9. The van der Waals surface area contributed by atoms with Gasteiger partial charge < -0.3 is 9.80 Å². The third kappa shape index (κ3) is 3.72. The van der Waals surface area contributed by atoms with E-state index in [0.717, 1.165) is 12.8 Å². The van der Waals surface area contributed by atoms with Crippen LogP contribution in [0, 0.1) is 0 Å². The molecule has 6 aromatic carbocycles. The van der Waals surface area contributed by atoms with Crippen molar-refractivity contribution in [1.82, 2.24) is 0 Å². The van der Waals surface area contributed by atoms with Crippen LogP contribution in [0.3, 0.4) is 0 Å². The van der Waals surface area contributed by atoms with Gasteiger partial charge in [0.1, 0.15) is 0 Å². The van der Waals surface area contributed by atoms with Crippen LogP contribution < -0.4 is 9.80 Å². The maximum Gasteiger partial charge on any atom is 0.0497 e. The van der Waals surface area contributed by atoms with E-state index in [4.69, 9.17) is 0 Å². The second-order valence-corrected chi connectivity index (χ2v) is 10.6. The lowest BCUT2D eigenvalue weighted by molar-refractivity contribution is 1.08. The van der Waals surface area contributed by atoms with Crippen molar-refractivity contribution in [1.29, 1.82) is 0 Å². The number of para-hydroxylation sites is 4. The normalized spacial score (nSPS) is 13.2. The van der Waals surface area contributed by atoms with Crippen LogP contribution in [0.4, 0.5) is 34.1 Å². The van der Waals surface area contributed by atoms with Gasteiger partial charge in [0.15, 0.2) is 0 Å². The molecule has 2 nitrogen and oxygen atoms in total. The lowest BCUT2D eigenvalue weighted by atomic mass is 9.89. The molecule has 2 aliphatic rings. The smallest absolute Gasteiger partial charge is 0.0497 e. The Bertz CT molecular complexity index is 1720. The minimum absolute atomic E-state index is 0.933. The van der Waals surface area contributed by atoms with Gasteiger partial charge in [-0.2, -0.15) is 0 Å². The second kappa shape index (κ2) is 9.29. The number of rotatable bonds is 3. The highest BCUT2D eigenvalue weighted by Crippen LogP contribution is 2.47. The summed E-state index contributed by atoms with van der Waals surface area (Å²) in [4.78, 5) is 4.80. The fraction of sp³-hybridized carbons (Fsp3) is 0.0526. The molecule has 0 aromatic heterocycles. The molecule has 0 saturated carbocycles. The van der Waals surface area contributed by atoms with Gasteiger partial charge >= 0.3 is 0 Å². The van der Waals surface area contributed by atoms with E-state index in [1.165, 1.54) is 67.5 Å². The third-order valence-corrected chi connectivity index (χ3v) is 8.23. The van der Waals surface area contributed by atoms with Crippen molar-refractivity contribution in [2.45, 2.75) is 12.8 Å². The lowest BCUT2D eigenvalue weighted by Gasteiger charge is -2.34. The monoisotopic (exact) mass is 512 g/mol. The Morgan fingerprint density at radius 2 is 0.700 bits per heavy atom. The summed E-state index contributed by atoms with van der Waals surface area (Å²) >= 11 is 0. The molecule has 0 unspecified atom stereocenters. The molecule has 0 spiro atoms. The van der Waals surface area contributed by atoms with Crippen LogP contribution in [0.5, 0.6) is 0 Å². The number of nitrogens with zero attached hydrogens (tertiary/aromatic N) is 2. The van der Waals surface area contributed by atoms with Gasteiger partial charge in [0.05, 0.1) is 0 Å². The predicted octanol–water partition coefficient (Wildman–Crippen LogP) is 10.1. The molecule has 190 valence electrons. The summed E-state index contributed by atoms with van der Waals surface area (Å²) in [7, 11) is 0. The van der Waals surface area contributed by atoms with Crippen LogP contribution in [0.15, 0.2) is 146 Å². The molecule has 8 rings (SSSR count). The van der Waals surface area contributed by atoms with E-state index in [-0.39, 0.29) is 0 Å². The van der Waals surface area contributed by atoms with E-state index in [1.807, 2.05) is 0 Å². The predicted molar refractivity (Wildman–Crippen MR) is 167 cm³/mol. The van der Waals surface area contributed by atoms with Crippen molar-refractivity contribution in [3.05, 3.63) is 168 Å². The number of hydrogen-bond acceptors (Lipinski definition) is 2. The molecule has 0 atom stereocenters. The summed E-state index contributed by atoms with van der Waals surface area (Å²) in [5.41, 5.74) is 15.4. The zero-order valence-corrected chi connectivity index (χ0v) is 22.2. The molecule has 0 bridgehead atoms. The zero-order chi connectivity index (χ0) is 26.5. The zero-order valence-electron chi connectivity index (χ0n) is 22.2. The highest BCUT2D eigenvalue weighted by molar-refractivity contribution is 5.87. The molecule has 0 radical (unpaired) electrons. The molecule has 40 heavy (non-hydrogen) atoms. The van der Waals surface area contributed by atoms with Gasteiger partial charge in [-0.25, -0.2) is 0 Å². The van der Waals surface area contributed by atoms with Crippen LogP contribution in [-0.2, 0) is 12.8 Å². The van der Waals surface area contributed by atoms with Crippen molar-refractivity contribution >= 4 is 34.1 Å². The standard InChI is InChI=1S/C38H28N2/c1-3-13-33(14-4-1)39-35-17-9-7-11-29(35)25-31-23-27(19-21-37(31)39)28-20-22-38-32(24-28)26-30-12-8-10-18-36(30)40(38)34-15-5-2-6-16-34/h1-24H,25-26H2. The summed E-state index contributed by atoms with van der Waals surface area (Å²) in [5.74, 6) is 0. The molecule has 2 aliphatic heterocycles. The van der Waals surface area contributed by atoms with Crippen LogP contribution >= 0.6 is 0 Å². The van der Waals surface area contributed by atoms with Crippen LogP contribution in [0.1, 0.15) is 22.3 Å². The van der Waals surface area contributed by atoms with Crippen LogP contribution in [-0.4, -0.2) is 0 Å². The fourth-order valence-electron chi connectivity index (χ4n) is 6.39. The maximum absolute atomic E-state index is 2.40. The summed E-state index contributed by atoms with van der Waals surface area (Å²) < 4.78 is 0. The number of hydrogen-bond donors (Lipinski definition) is 0. The molecule has 2 heteroatoms. The molecule has 0 amide bonds. The molecular weight excluding hydrogens is 484 g/mol. The Balaban J connectivity index is 1.22. The molecule has 0 aliphatic carbocycles. The van der Waals surface area contributed by atoms with E-state index >= 15 is 0 Å². The Kier molecular flexibility index (Phi) is 5.31. The van der Waals surface area contributed by atoms with Gasteiger partial charge in [-0.05, 0) is 94.0 Å². The van der Waals surface area contributed by atoms with Crippen molar-refractivity contribution in [2.75, 3.05) is 9.80 Å². The first-order valence-electron chi connectivity index (χ1n) is 14.0. The van der Waals surface area contributed by atoms with Gasteiger partial charge in [-0.1, -0.05) is 84.9 Å². The first kappa shape index (κ1) is 22.9. The Hall–Kier alpha value is -5.08. The second-order valence-electron chi connectivity index (χ2n) is 10.6. The van der Waals surface area contributed by atoms with Crippen molar-refractivity contribution in [3.63, 3.8) is 0 Å². The molecule has 0 N–H and O–H groups in total. The third-order valence-electron chi connectivity index (χ3n) is 8.23. The number of anilines is 6. The van der Waals surface area contributed by atoms with E-state index < -0.39 is 0 Å². The summed E-state index contributed by atoms with van der Waals surface area (Å²) in [6.45, 7) is 0. The largest absolute Gasteiger partial charge is 0.310 e. The SMILES string of the molecule is c1ccc(N2c3ccccc3Cc3cc(-c4ccc5c(c4)Cc4ccccc4N5c4ccccc4)ccc32)cc1. The highest BCUT2D eigenvalue weighted by atomic mass is 15.2. The van der Waals surface area contributed by atoms with Crippen molar-refractivity contribution < 1.29 is 0 Å². The molecule has 0 saturated heterocycles. The Morgan fingerprint density at radius 1 is 0.325 bits per heavy atom. The van der Waals surface area contributed by atoms with Gasteiger partial charge in [0, 0.05) is 47.0 Å². The number of benzene rings is 6. The first-order chi connectivity index (χ1) is 19.8. The lowest BCUT2D eigenvalue weighted by Crippen LogP contribution is -2.19. The van der Waals surface area contributed by atoms with E-state index in [0.29, 0.717) is 0 Å². The Morgan fingerprint density at radius 3 is 1.15 bits per heavy atom. The minimum Gasteiger partial charge on any atom is -0.310 e. The molecule has 6 aromatic rings. The van der Waals surface area contributed by atoms with Crippen LogP contribution in [0.2, 0.25) is 0 Å². The van der Waals surface area contributed by atoms with Crippen LogP contribution in [0.25, 0.3) is 11.1 Å². The van der Waals surface area contributed by atoms with Crippen molar-refractivity contribution in [3.8, 4) is 11.1 Å². The quantitative estimate of drug-likeness (QED) is 0.232. The Labute approximate surface area is 235 Å². The van der Waals surface area contributed by atoms with E-state index in [1.54, 1.807) is 0 Å². The van der Waals surface area contributed by atoms with Crippen molar-refractivity contribution in [2.24, 2.45) is 0 Å². The minimum atomic E-state index is 0.933. The van der Waals surface area contributed by atoms with E-state index in [9.17, 15) is 0 Å². The van der Waals surface area contributed by atoms with Gasteiger partial charge in [0.25, 0.3) is 0 Å². The maximum atomic E-state index is 2.40. The summed E-state index contributed by atoms with van der Waals surface area (Å²) in [6.07, 6.45) is 1.87. The highest BCUT2D eigenvalue weighted by Gasteiger charge is 2.26. The molecular formula is C38H28N2.